The number of hydrogen-bond donors (Lipinski definition) is 1. The van der Waals surface area contributed by atoms with Crippen molar-refractivity contribution < 1.29 is 14.3 Å². The van der Waals surface area contributed by atoms with E-state index in [9.17, 15) is 4.79 Å². The molecule has 4 nitrogen and oxygen atoms in total. The average Bonchev–Trinajstić information content (AvgIpc) is 2.54. The Labute approximate surface area is 130 Å². The van der Waals surface area contributed by atoms with Crippen LogP contribution in [-0.2, 0) is 4.79 Å². The molecule has 0 fully saturated rings. The highest BCUT2D eigenvalue weighted by molar-refractivity contribution is 6.02. The predicted octanol–water partition coefficient (Wildman–Crippen LogP) is 3.66. The summed E-state index contributed by atoms with van der Waals surface area (Å²) in [7, 11) is 3.19. The van der Waals surface area contributed by atoms with Crippen LogP contribution in [0.2, 0.25) is 0 Å². The van der Waals surface area contributed by atoms with Crippen LogP contribution >= 0.6 is 0 Å². The summed E-state index contributed by atoms with van der Waals surface area (Å²) in [6, 6.07) is 13.1. The lowest BCUT2D eigenvalue weighted by molar-refractivity contribution is -0.111. The molecule has 2 aromatic rings. The normalized spacial score (nSPS) is 10.5. The van der Waals surface area contributed by atoms with Crippen molar-refractivity contribution in [3.63, 3.8) is 0 Å². The van der Waals surface area contributed by atoms with Crippen molar-refractivity contribution in [2.45, 2.75) is 6.92 Å². The Bertz CT molecular complexity index is 675. The minimum atomic E-state index is -0.200. The number of benzene rings is 2. The van der Waals surface area contributed by atoms with Crippen molar-refractivity contribution in [3.05, 3.63) is 59.7 Å². The van der Waals surface area contributed by atoms with Gasteiger partial charge in [-0.15, -0.1) is 0 Å². The Morgan fingerprint density at radius 3 is 2.41 bits per heavy atom. The van der Waals surface area contributed by atoms with Crippen LogP contribution in [0, 0.1) is 6.92 Å². The summed E-state index contributed by atoms with van der Waals surface area (Å²) < 4.78 is 10.4. The Balaban J connectivity index is 2.10. The molecule has 0 atom stereocenters. The first-order chi connectivity index (χ1) is 10.6. The van der Waals surface area contributed by atoms with Gasteiger partial charge in [0.2, 0.25) is 5.91 Å². The van der Waals surface area contributed by atoms with Gasteiger partial charge in [0.1, 0.15) is 11.5 Å². The molecule has 4 heteroatoms. The first-order valence-corrected chi connectivity index (χ1v) is 6.90. The number of anilines is 1. The number of aryl methyl sites for hydroxylation is 1. The fraction of sp³-hybridized carbons (Fsp3) is 0.167. The molecule has 0 radical (unpaired) electrons. The Hall–Kier alpha value is -2.75. The topological polar surface area (TPSA) is 47.6 Å². The maximum absolute atomic E-state index is 12.0. The maximum Gasteiger partial charge on any atom is 0.248 e. The quantitative estimate of drug-likeness (QED) is 0.857. The second kappa shape index (κ2) is 7.31. The smallest absolute Gasteiger partial charge is 0.248 e. The molecule has 0 bridgehead atoms. The minimum Gasteiger partial charge on any atom is -0.497 e. The monoisotopic (exact) mass is 297 g/mol. The maximum atomic E-state index is 12.0. The number of rotatable bonds is 5. The molecule has 0 aliphatic heterocycles. The summed E-state index contributed by atoms with van der Waals surface area (Å²) in [5, 5.41) is 2.81. The van der Waals surface area contributed by atoms with Gasteiger partial charge in [-0.25, -0.2) is 0 Å². The van der Waals surface area contributed by atoms with Crippen LogP contribution in [0.1, 0.15) is 11.1 Å². The van der Waals surface area contributed by atoms with Crippen molar-refractivity contribution in [1.82, 2.24) is 0 Å². The standard InChI is InChI=1S/C18H19NO3/c1-13-4-7-15(8-5-13)19-18(20)11-6-14-12-16(21-2)9-10-17(14)22-3/h4-12H,1-3H3,(H,19,20)/b11-6+. The number of nitrogens with one attached hydrogen (secondary N) is 1. The van der Waals surface area contributed by atoms with Gasteiger partial charge in [0.05, 0.1) is 14.2 Å². The molecule has 0 aliphatic carbocycles. The zero-order chi connectivity index (χ0) is 15.9. The van der Waals surface area contributed by atoms with Crippen molar-refractivity contribution in [1.29, 1.82) is 0 Å². The second-order valence-corrected chi connectivity index (χ2v) is 4.80. The molecular weight excluding hydrogens is 278 g/mol. The van der Waals surface area contributed by atoms with Gasteiger partial charge in [-0.05, 0) is 43.3 Å². The largest absolute Gasteiger partial charge is 0.497 e. The fourth-order valence-electron chi connectivity index (χ4n) is 1.96. The van der Waals surface area contributed by atoms with Gasteiger partial charge in [0.15, 0.2) is 0 Å². The molecule has 0 unspecified atom stereocenters. The highest BCUT2D eigenvalue weighted by Crippen LogP contribution is 2.25. The Kier molecular flexibility index (Phi) is 5.20. The van der Waals surface area contributed by atoms with Crippen LogP contribution in [0.4, 0.5) is 5.69 Å². The molecule has 0 aliphatic rings. The molecule has 2 aromatic carbocycles. The molecule has 1 N–H and O–H groups in total. The van der Waals surface area contributed by atoms with Crippen LogP contribution in [0.15, 0.2) is 48.5 Å². The van der Waals surface area contributed by atoms with E-state index in [0.29, 0.717) is 11.5 Å². The highest BCUT2D eigenvalue weighted by Gasteiger charge is 2.03. The van der Waals surface area contributed by atoms with E-state index < -0.39 is 0 Å². The zero-order valence-corrected chi connectivity index (χ0v) is 12.9. The van der Waals surface area contributed by atoms with E-state index in [1.54, 1.807) is 26.4 Å². The van der Waals surface area contributed by atoms with Crippen LogP contribution < -0.4 is 14.8 Å². The Morgan fingerprint density at radius 2 is 1.77 bits per heavy atom. The van der Waals surface area contributed by atoms with Crippen LogP contribution in [0.25, 0.3) is 6.08 Å². The summed E-state index contributed by atoms with van der Waals surface area (Å²) in [5.41, 5.74) is 2.69. The Morgan fingerprint density at radius 1 is 1.05 bits per heavy atom. The summed E-state index contributed by atoms with van der Waals surface area (Å²) >= 11 is 0. The SMILES string of the molecule is COc1ccc(OC)c(/C=C/C(=O)Nc2ccc(C)cc2)c1. The molecule has 0 heterocycles. The number of carbonyl (C=O) groups is 1. The van der Waals surface area contributed by atoms with E-state index in [2.05, 4.69) is 5.32 Å². The van der Waals surface area contributed by atoms with Crippen molar-refractivity contribution in [2.24, 2.45) is 0 Å². The lowest BCUT2D eigenvalue weighted by Crippen LogP contribution is -2.07. The summed E-state index contributed by atoms with van der Waals surface area (Å²) in [4.78, 5) is 12.0. The van der Waals surface area contributed by atoms with E-state index in [1.807, 2.05) is 43.3 Å². The third kappa shape index (κ3) is 4.12. The molecular formula is C18H19NO3. The molecule has 0 saturated carbocycles. The van der Waals surface area contributed by atoms with E-state index in [-0.39, 0.29) is 5.91 Å². The third-order valence-electron chi connectivity index (χ3n) is 3.17. The van der Waals surface area contributed by atoms with Gasteiger partial charge in [-0.1, -0.05) is 17.7 Å². The minimum absolute atomic E-state index is 0.200. The molecule has 1 amide bonds. The second-order valence-electron chi connectivity index (χ2n) is 4.80. The first-order valence-electron chi connectivity index (χ1n) is 6.90. The summed E-state index contributed by atoms with van der Waals surface area (Å²) in [6.07, 6.45) is 3.17. The number of ether oxygens (including phenoxy) is 2. The van der Waals surface area contributed by atoms with Crippen molar-refractivity contribution in [2.75, 3.05) is 19.5 Å². The molecule has 114 valence electrons. The molecule has 0 aromatic heterocycles. The predicted molar refractivity (Wildman–Crippen MR) is 88.4 cm³/mol. The lowest BCUT2D eigenvalue weighted by atomic mass is 10.1. The number of amides is 1. The lowest BCUT2D eigenvalue weighted by Gasteiger charge is -2.07. The van der Waals surface area contributed by atoms with Crippen molar-refractivity contribution >= 4 is 17.7 Å². The van der Waals surface area contributed by atoms with Crippen LogP contribution in [0.3, 0.4) is 0 Å². The molecule has 2 rings (SSSR count). The van der Waals surface area contributed by atoms with E-state index >= 15 is 0 Å². The average molecular weight is 297 g/mol. The van der Waals surface area contributed by atoms with Crippen molar-refractivity contribution in [3.8, 4) is 11.5 Å². The van der Waals surface area contributed by atoms with Gasteiger partial charge in [0.25, 0.3) is 0 Å². The molecule has 0 saturated heterocycles. The fourth-order valence-corrected chi connectivity index (χ4v) is 1.96. The van der Waals surface area contributed by atoms with E-state index in [4.69, 9.17) is 9.47 Å². The van der Waals surface area contributed by atoms with Crippen LogP contribution in [-0.4, -0.2) is 20.1 Å². The third-order valence-corrected chi connectivity index (χ3v) is 3.17. The number of carbonyl (C=O) groups excluding carboxylic acids is 1. The van der Waals surface area contributed by atoms with E-state index in [1.165, 1.54) is 6.08 Å². The van der Waals surface area contributed by atoms with Gasteiger partial charge in [0, 0.05) is 17.3 Å². The number of hydrogen-bond acceptors (Lipinski definition) is 3. The number of methoxy groups -OCH3 is 2. The summed E-state index contributed by atoms with van der Waals surface area (Å²) in [5.74, 6) is 1.19. The zero-order valence-electron chi connectivity index (χ0n) is 12.9. The first kappa shape index (κ1) is 15.6. The van der Waals surface area contributed by atoms with Crippen LogP contribution in [0.5, 0.6) is 11.5 Å². The van der Waals surface area contributed by atoms with Gasteiger partial charge in [-0.2, -0.15) is 0 Å². The van der Waals surface area contributed by atoms with Gasteiger partial charge >= 0.3 is 0 Å². The summed E-state index contributed by atoms with van der Waals surface area (Å²) in [6.45, 7) is 2.00. The van der Waals surface area contributed by atoms with Gasteiger partial charge < -0.3 is 14.8 Å². The van der Waals surface area contributed by atoms with Gasteiger partial charge in [-0.3, -0.25) is 4.79 Å². The van der Waals surface area contributed by atoms with E-state index in [0.717, 1.165) is 16.8 Å². The molecule has 0 spiro atoms. The highest BCUT2D eigenvalue weighted by atomic mass is 16.5. The molecule has 22 heavy (non-hydrogen) atoms.